The summed E-state index contributed by atoms with van der Waals surface area (Å²) in [7, 11) is 0. The van der Waals surface area contributed by atoms with Crippen molar-refractivity contribution in [2.24, 2.45) is 17.8 Å². The predicted octanol–water partition coefficient (Wildman–Crippen LogP) is 3.28. The summed E-state index contributed by atoms with van der Waals surface area (Å²) >= 11 is 0. The van der Waals surface area contributed by atoms with Crippen LogP contribution in [0.15, 0.2) is 6.20 Å². The van der Waals surface area contributed by atoms with Gasteiger partial charge in [0.05, 0.1) is 36.1 Å². The molecular weight excluding hydrogens is 438 g/mol. The zero-order valence-corrected chi connectivity index (χ0v) is 20.7. The Morgan fingerprint density at radius 3 is 2.30 bits per heavy atom. The third kappa shape index (κ3) is 4.34. The molecule has 1 N–H and O–H groups in total. The van der Waals surface area contributed by atoms with E-state index in [0.717, 1.165) is 82.0 Å². The molecule has 7 nitrogen and oxygen atoms in total. The summed E-state index contributed by atoms with van der Waals surface area (Å²) in [5.41, 5.74) is 0.601. The smallest absolute Gasteiger partial charge is 0.232 e. The van der Waals surface area contributed by atoms with E-state index < -0.39 is 5.41 Å². The Kier molecular flexibility index (Phi) is 6.75. The normalized spacial score (nSPS) is 35.2. The van der Waals surface area contributed by atoms with E-state index in [4.69, 9.17) is 15.0 Å². The fourth-order valence-electron chi connectivity index (χ4n) is 8.14. The lowest BCUT2D eigenvalue weighted by Crippen LogP contribution is -2.52. The van der Waals surface area contributed by atoms with Crippen LogP contribution in [0.25, 0.3) is 0 Å². The Bertz CT molecular complexity index is 795. The maximum Gasteiger partial charge on any atom is 0.232 e. The van der Waals surface area contributed by atoms with Gasteiger partial charge in [0.25, 0.3) is 0 Å². The highest BCUT2D eigenvalue weighted by Gasteiger charge is 2.53. The van der Waals surface area contributed by atoms with Crippen LogP contribution in [0, 0.1) is 17.8 Å². The monoisotopic (exact) mass is 477 g/mol. The van der Waals surface area contributed by atoms with Crippen molar-refractivity contribution < 1.29 is 9.53 Å². The molecule has 1 aliphatic heterocycles. The zero-order valence-electron chi connectivity index (χ0n) is 19.8. The molecule has 1 amide bonds. The molecule has 6 aliphatic rings. The molecule has 1 aromatic rings. The van der Waals surface area contributed by atoms with Gasteiger partial charge in [0.15, 0.2) is 0 Å². The topological polar surface area (TPSA) is 72.3 Å². The van der Waals surface area contributed by atoms with Crippen LogP contribution in [-0.2, 0) is 20.5 Å². The minimum absolute atomic E-state index is 0. The van der Waals surface area contributed by atoms with Crippen molar-refractivity contribution in [1.29, 1.82) is 0 Å². The summed E-state index contributed by atoms with van der Waals surface area (Å²) in [5.74, 6) is 2.80. The maximum atomic E-state index is 13.6. The zero-order chi connectivity index (χ0) is 21.6. The summed E-state index contributed by atoms with van der Waals surface area (Å²) < 4.78 is 7.67. The molecular formula is C25H40ClN5O2. The summed E-state index contributed by atoms with van der Waals surface area (Å²) in [6, 6.07) is 0. The fourth-order valence-corrected chi connectivity index (χ4v) is 8.14. The molecule has 5 saturated carbocycles. The number of halogens is 1. The molecule has 0 aromatic carbocycles. The van der Waals surface area contributed by atoms with Crippen LogP contribution in [0.3, 0.4) is 0 Å². The van der Waals surface area contributed by atoms with Crippen LogP contribution < -0.4 is 5.32 Å². The van der Waals surface area contributed by atoms with Crippen LogP contribution in [0.1, 0.15) is 76.3 Å². The third-order valence-corrected chi connectivity index (χ3v) is 9.43. The Balaban J connectivity index is 0.00000228. The highest BCUT2D eigenvalue weighted by atomic mass is 35.5. The average molecular weight is 478 g/mol. The Hall–Kier alpha value is -1.18. The van der Waals surface area contributed by atoms with Crippen molar-refractivity contribution in [3.05, 3.63) is 11.9 Å². The maximum absolute atomic E-state index is 13.6. The number of hydrogen-bond acceptors (Lipinski definition) is 5. The summed E-state index contributed by atoms with van der Waals surface area (Å²) in [6.45, 7) is 5.10. The van der Waals surface area contributed by atoms with E-state index in [0.29, 0.717) is 6.54 Å². The van der Waals surface area contributed by atoms with E-state index >= 15 is 0 Å². The summed E-state index contributed by atoms with van der Waals surface area (Å²) in [6.07, 6.45) is 15.5. The SMILES string of the molecule is Cl.O=C(NCCN1CCOCC1)C1(c2cn(C34CC5CC(CC(C5)C3)C4)nn2)CCCCC1. The summed E-state index contributed by atoms with van der Waals surface area (Å²) in [4.78, 5) is 16.0. The standard InChI is InChI=1S/C25H39N5O2.ClH/c31-23(26-6-7-29-8-10-32-11-9-29)25(4-2-1-3-5-25)22-18-30(28-27-22)24-15-19-12-20(16-24)14-21(13-19)17-24;/h18-21H,1-17H2,(H,26,31);1H. The number of nitrogens with one attached hydrogen (secondary N) is 1. The first kappa shape index (κ1) is 23.6. The van der Waals surface area contributed by atoms with Crippen molar-refractivity contribution in [1.82, 2.24) is 25.2 Å². The Morgan fingerprint density at radius 2 is 1.67 bits per heavy atom. The van der Waals surface area contributed by atoms with Gasteiger partial charge in [-0.1, -0.05) is 24.5 Å². The van der Waals surface area contributed by atoms with Gasteiger partial charge in [-0.15, -0.1) is 17.5 Å². The molecule has 2 heterocycles. The number of aromatic nitrogens is 3. The van der Waals surface area contributed by atoms with Gasteiger partial charge in [0.2, 0.25) is 5.91 Å². The van der Waals surface area contributed by atoms with E-state index in [1.807, 2.05) is 0 Å². The van der Waals surface area contributed by atoms with E-state index in [1.165, 1.54) is 44.9 Å². The highest BCUT2D eigenvalue weighted by Crippen LogP contribution is 2.58. The van der Waals surface area contributed by atoms with Gasteiger partial charge in [-0.05, 0) is 69.1 Å². The molecule has 8 heteroatoms. The first-order valence-electron chi connectivity index (χ1n) is 13.2. The first-order chi connectivity index (χ1) is 15.7. The molecule has 5 aliphatic carbocycles. The van der Waals surface area contributed by atoms with Crippen LogP contribution in [0.2, 0.25) is 0 Å². The number of carbonyl (C=O) groups excluding carboxylic acids is 1. The van der Waals surface area contributed by atoms with E-state index in [1.54, 1.807) is 0 Å². The number of nitrogens with zero attached hydrogens (tertiary/aromatic N) is 4. The number of hydrogen-bond donors (Lipinski definition) is 1. The molecule has 0 radical (unpaired) electrons. The minimum Gasteiger partial charge on any atom is -0.379 e. The van der Waals surface area contributed by atoms with E-state index in [9.17, 15) is 4.79 Å². The highest BCUT2D eigenvalue weighted by molar-refractivity contribution is 5.87. The van der Waals surface area contributed by atoms with Gasteiger partial charge in [-0.25, -0.2) is 4.68 Å². The van der Waals surface area contributed by atoms with Crippen molar-refractivity contribution in [2.45, 2.75) is 81.6 Å². The number of morpholine rings is 1. The van der Waals surface area contributed by atoms with E-state index in [2.05, 4.69) is 21.1 Å². The lowest BCUT2D eigenvalue weighted by Gasteiger charge is -2.56. The molecule has 33 heavy (non-hydrogen) atoms. The van der Waals surface area contributed by atoms with Gasteiger partial charge >= 0.3 is 0 Å². The second kappa shape index (κ2) is 9.46. The minimum atomic E-state index is -0.496. The lowest BCUT2D eigenvalue weighted by molar-refractivity contribution is -0.128. The van der Waals surface area contributed by atoms with Gasteiger partial charge in [-0.3, -0.25) is 9.69 Å². The number of amides is 1. The molecule has 6 fully saturated rings. The van der Waals surface area contributed by atoms with Crippen molar-refractivity contribution >= 4 is 18.3 Å². The molecule has 1 aromatic heterocycles. The lowest BCUT2D eigenvalue weighted by atomic mass is 9.53. The van der Waals surface area contributed by atoms with Crippen LogP contribution in [-0.4, -0.2) is 65.2 Å². The van der Waals surface area contributed by atoms with Crippen LogP contribution in [0.5, 0.6) is 0 Å². The van der Waals surface area contributed by atoms with Gasteiger partial charge < -0.3 is 10.1 Å². The molecule has 184 valence electrons. The number of rotatable bonds is 6. The molecule has 0 unspecified atom stereocenters. The van der Waals surface area contributed by atoms with Gasteiger partial charge in [0, 0.05) is 26.2 Å². The quantitative estimate of drug-likeness (QED) is 0.680. The Morgan fingerprint density at radius 1 is 1.03 bits per heavy atom. The first-order valence-corrected chi connectivity index (χ1v) is 13.2. The van der Waals surface area contributed by atoms with Crippen molar-refractivity contribution in [2.75, 3.05) is 39.4 Å². The Labute approximate surface area is 203 Å². The molecule has 4 bridgehead atoms. The molecule has 1 saturated heterocycles. The van der Waals surface area contributed by atoms with Crippen LogP contribution in [0.4, 0.5) is 0 Å². The molecule has 0 atom stereocenters. The number of carbonyl (C=O) groups is 1. The van der Waals surface area contributed by atoms with Crippen LogP contribution >= 0.6 is 12.4 Å². The number of ether oxygens (including phenoxy) is 1. The second-order valence-electron chi connectivity index (χ2n) is 11.5. The van der Waals surface area contributed by atoms with Crippen molar-refractivity contribution in [3.8, 4) is 0 Å². The van der Waals surface area contributed by atoms with E-state index in [-0.39, 0.29) is 23.9 Å². The van der Waals surface area contributed by atoms with Gasteiger partial charge in [0.1, 0.15) is 0 Å². The fraction of sp³-hybridized carbons (Fsp3) is 0.880. The molecule has 7 rings (SSSR count). The molecule has 0 spiro atoms. The summed E-state index contributed by atoms with van der Waals surface area (Å²) in [5, 5.41) is 12.7. The van der Waals surface area contributed by atoms with Gasteiger partial charge in [-0.2, -0.15) is 0 Å². The third-order valence-electron chi connectivity index (χ3n) is 9.43. The predicted molar refractivity (Wildman–Crippen MR) is 128 cm³/mol. The second-order valence-corrected chi connectivity index (χ2v) is 11.5. The average Bonchev–Trinajstić information content (AvgIpc) is 3.31. The largest absolute Gasteiger partial charge is 0.379 e. The van der Waals surface area contributed by atoms with Crippen molar-refractivity contribution in [3.63, 3.8) is 0 Å².